The summed E-state index contributed by atoms with van der Waals surface area (Å²) in [4.78, 5) is 53.8. The zero-order valence-electron chi connectivity index (χ0n) is 11.0. The minimum atomic E-state index is -5.84. The Morgan fingerprint density at radius 2 is 1.08 bits per heavy atom. The van der Waals surface area contributed by atoms with Gasteiger partial charge in [-0.1, -0.05) is 0 Å². The third-order valence-corrected chi connectivity index (χ3v) is 3.64. The third kappa shape index (κ3) is 7.54. The van der Waals surface area contributed by atoms with Crippen LogP contribution in [0, 0.1) is 0 Å². The maximum atomic E-state index is 10.5. The van der Waals surface area contributed by atoms with Gasteiger partial charge >= 0.3 is 0 Å². The smallest absolute Gasteiger partial charge is 0.120 e. The Morgan fingerprint density at radius 3 is 1.38 bits per heavy atom. The molecule has 0 aliphatic heterocycles. The molecule has 0 aromatic carbocycles. The van der Waals surface area contributed by atoms with Gasteiger partial charge in [0.1, 0.15) is 36.6 Å². The van der Waals surface area contributed by atoms with Crippen molar-refractivity contribution in [3.05, 3.63) is 0 Å². The molecule has 3 N–H and O–H groups in total. The maximum Gasteiger partial charge on any atom is 0.120 e. The topological polar surface area (TPSA) is 278 Å². The number of hydrogen-bond donors (Lipinski definition) is 3. The molecule has 0 spiro atoms. The molecule has 0 unspecified atom stereocenters. The Bertz CT molecular complexity index is 486. The average molecular weight is 414 g/mol. The van der Waals surface area contributed by atoms with E-state index in [9.17, 15) is 49.3 Å². The third-order valence-electron chi connectivity index (χ3n) is 2.63. The first-order valence-corrected chi connectivity index (χ1v) is 9.13. The monoisotopic (exact) mass is 414 g/mol. The lowest BCUT2D eigenvalue weighted by Gasteiger charge is -2.50. The quantitative estimate of drug-likeness (QED) is 0.214. The molecule has 0 heterocycles. The fourth-order valence-corrected chi connectivity index (χ4v) is 2.91. The summed E-state index contributed by atoms with van der Waals surface area (Å²) in [5.74, 6) is 0. The van der Waals surface area contributed by atoms with Crippen LogP contribution in [0.1, 0.15) is 0 Å². The molecule has 1 aliphatic carbocycles. The van der Waals surface area contributed by atoms with Gasteiger partial charge in [0.05, 0.1) is 24.3 Å². The van der Waals surface area contributed by atoms with Gasteiger partial charge in [-0.05, 0) is 0 Å². The summed E-state index contributed by atoms with van der Waals surface area (Å²) in [6.07, 6.45) is -14.1. The van der Waals surface area contributed by atoms with E-state index < -0.39 is 61.0 Å². The molecule has 6 atom stereocenters. The fraction of sp³-hybridized carbons (Fsp3) is 1.00. The molecule has 1 saturated carbocycles. The minimum Gasteiger partial charge on any atom is -0.790 e. The molecule has 0 saturated heterocycles. The van der Waals surface area contributed by atoms with Gasteiger partial charge in [-0.15, -0.1) is 0 Å². The molecule has 18 heteroatoms. The molecule has 1 fully saturated rings. The van der Waals surface area contributed by atoms with E-state index in [0.29, 0.717) is 0 Å². The van der Waals surface area contributed by atoms with Crippen molar-refractivity contribution in [2.45, 2.75) is 36.6 Å². The van der Waals surface area contributed by atoms with Gasteiger partial charge in [-0.2, -0.15) is 0 Å². The van der Waals surface area contributed by atoms with Crippen LogP contribution in [-0.4, -0.2) is 51.9 Å². The molecule has 24 heavy (non-hydrogen) atoms. The van der Waals surface area contributed by atoms with Crippen LogP contribution < -0.4 is 29.7 Å². The van der Waals surface area contributed by atoms with Gasteiger partial charge in [0, 0.05) is 0 Å². The van der Waals surface area contributed by atoms with Crippen LogP contribution in [0.4, 0.5) is 0 Å². The SMILES string of the molecule is O=P([O-])([O-])O[C@@H]1[C@@H](O)[C@@H](O)[C@@H](O[O-])[C@H](O)[C@H]1OP(=O)([O-])[O-].O=P[O-]. The highest BCUT2D eigenvalue weighted by Gasteiger charge is 2.51. The Labute approximate surface area is 134 Å². The van der Waals surface area contributed by atoms with E-state index in [1.165, 1.54) is 0 Å². The molecule has 1 rings (SSSR count). The van der Waals surface area contributed by atoms with Crippen molar-refractivity contribution in [1.82, 2.24) is 0 Å². The summed E-state index contributed by atoms with van der Waals surface area (Å²) in [5.41, 5.74) is 0. The highest BCUT2D eigenvalue weighted by Crippen LogP contribution is 2.40. The number of phosphoric ester groups is 2. The lowest BCUT2D eigenvalue weighted by atomic mass is 9.85. The van der Waals surface area contributed by atoms with E-state index in [4.69, 9.17) is 9.46 Å². The van der Waals surface area contributed by atoms with Gasteiger partial charge in [0.25, 0.3) is 0 Å². The van der Waals surface area contributed by atoms with Crippen molar-refractivity contribution in [3.63, 3.8) is 0 Å². The van der Waals surface area contributed by atoms with Crippen LogP contribution in [0.15, 0.2) is 0 Å². The molecule has 1 aliphatic rings. The van der Waals surface area contributed by atoms with Gasteiger partial charge in [0.15, 0.2) is 0 Å². The predicted molar refractivity (Wildman–Crippen MR) is 55.5 cm³/mol. The highest BCUT2D eigenvalue weighted by molar-refractivity contribution is 7.43. The van der Waals surface area contributed by atoms with Gasteiger partial charge in [-0.25, -0.2) is 0 Å². The summed E-state index contributed by atoms with van der Waals surface area (Å²) >= 11 is 0. The normalized spacial score (nSPS) is 34.5. The largest absolute Gasteiger partial charge is 0.790 e. The molecule has 0 amide bonds. The van der Waals surface area contributed by atoms with E-state index in [1.54, 1.807) is 0 Å². The first-order chi connectivity index (χ1) is 10.8. The van der Waals surface area contributed by atoms with Crippen molar-refractivity contribution in [3.8, 4) is 0 Å². The summed E-state index contributed by atoms with van der Waals surface area (Å²) in [7, 11) is -12.8. The predicted octanol–water partition coefficient (Wildman–Crippen LogP) is -7.28. The summed E-state index contributed by atoms with van der Waals surface area (Å²) in [6, 6.07) is 0. The Morgan fingerprint density at radius 1 is 0.792 bits per heavy atom. The van der Waals surface area contributed by atoms with E-state index in [0.717, 1.165) is 0 Å². The maximum absolute atomic E-state index is 10.5. The van der Waals surface area contributed by atoms with Crippen LogP contribution in [0.3, 0.4) is 0 Å². The van der Waals surface area contributed by atoms with Gasteiger partial charge in [-0.3, -0.25) is 4.57 Å². The zero-order valence-corrected chi connectivity index (χ0v) is 13.7. The standard InChI is InChI=1S/C6H14O13P2.HO2P/c7-1-2(8)5(18-20(11,12)13)6(19-21(14,15)16)3(9)4(1)17-10;1-3-2/h1-10H,(H2,11,12,13)(H2,14,15,16);(H,1,2)/p-6/t1-,2+,3+,4-,5-,6-;/m1./s1. The number of hydrogen-bond acceptors (Lipinski definition) is 15. The Kier molecular flexibility index (Phi) is 9.72. The van der Waals surface area contributed by atoms with Crippen LogP contribution in [0.2, 0.25) is 0 Å². The van der Waals surface area contributed by atoms with Gasteiger partial charge < -0.3 is 68.1 Å². The van der Waals surface area contributed by atoms with Gasteiger partial charge in [0.2, 0.25) is 0 Å². The second-order valence-corrected chi connectivity index (χ2v) is 6.50. The van der Waals surface area contributed by atoms with Crippen molar-refractivity contribution < 1.29 is 72.7 Å². The van der Waals surface area contributed by atoms with Crippen LogP contribution in [-0.2, 0) is 27.6 Å². The fourth-order valence-electron chi connectivity index (χ4n) is 1.82. The highest BCUT2D eigenvalue weighted by atomic mass is 31.2. The lowest BCUT2D eigenvalue weighted by Crippen LogP contribution is -2.66. The van der Waals surface area contributed by atoms with Crippen LogP contribution in [0.5, 0.6) is 0 Å². The van der Waals surface area contributed by atoms with Crippen molar-refractivity contribution in [1.29, 1.82) is 0 Å². The average Bonchev–Trinajstić information content (AvgIpc) is 2.39. The number of rotatable bonds is 5. The molecule has 0 radical (unpaired) electrons. The molecule has 0 bridgehead atoms. The van der Waals surface area contributed by atoms with E-state index in [1.807, 2.05) is 0 Å². The summed E-state index contributed by atoms with van der Waals surface area (Å²) in [6.45, 7) is 0. The minimum absolute atomic E-state index is 1.08. The Hall–Kier alpha value is 0.0800. The molecule has 15 nitrogen and oxygen atoms in total. The van der Waals surface area contributed by atoms with Crippen molar-refractivity contribution >= 4 is 24.3 Å². The molecular formula is C6H9O15P3-6. The van der Waals surface area contributed by atoms with Crippen LogP contribution in [0.25, 0.3) is 0 Å². The first kappa shape index (κ1) is 24.1. The molecule has 0 aromatic rings. The lowest BCUT2D eigenvalue weighted by molar-refractivity contribution is -0.710. The van der Waals surface area contributed by atoms with E-state index >= 15 is 0 Å². The van der Waals surface area contributed by atoms with E-state index in [2.05, 4.69) is 13.9 Å². The molecule has 0 aromatic heterocycles. The second-order valence-electron chi connectivity index (χ2n) is 4.14. The molecular weight excluding hydrogens is 405 g/mol. The van der Waals surface area contributed by atoms with Crippen molar-refractivity contribution in [2.24, 2.45) is 0 Å². The number of phosphoric acid groups is 2. The summed E-state index contributed by atoms with van der Waals surface area (Å²) < 4.78 is 37.0. The summed E-state index contributed by atoms with van der Waals surface area (Å²) in [5, 5.41) is 38.8. The second kappa shape index (κ2) is 9.69. The van der Waals surface area contributed by atoms with Crippen molar-refractivity contribution in [2.75, 3.05) is 0 Å². The first-order valence-electron chi connectivity index (χ1n) is 5.47. The number of aliphatic hydroxyl groups excluding tert-OH is 3. The van der Waals surface area contributed by atoms with Crippen LogP contribution >= 0.6 is 24.3 Å². The number of aliphatic hydroxyl groups is 3. The van der Waals surface area contributed by atoms with E-state index in [-0.39, 0.29) is 0 Å². The zero-order chi connectivity index (χ0) is 19.3. The Balaban J connectivity index is 0.00000163. The molecule has 144 valence electrons.